The van der Waals surface area contributed by atoms with E-state index in [0.717, 1.165) is 0 Å². The third-order valence-electron chi connectivity index (χ3n) is 2.12. The fraction of sp³-hybridized carbons (Fsp3) is 0.400. The molecule has 0 spiro atoms. The highest BCUT2D eigenvalue weighted by atomic mass is 35.5. The lowest BCUT2D eigenvalue weighted by Gasteiger charge is -2.14. The van der Waals surface area contributed by atoms with Crippen molar-refractivity contribution in [2.24, 2.45) is 5.73 Å². The van der Waals surface area contributed by atoms with Gasteiger partial charge in [0.1, 0.15) is 5.82 Å². The summed E-state index contributed by atoms with van der Waals surface area (Å²) in [6.45, 7) is 0. The largest absolute Gasteiger partial charge is 0.389 e. The van der Waals surface area contributed by atoms with Crippen LogP contribution in [0.25, 0.3) is 0 Å². The van der Waals surface area contributed by atoms with Crippen molar-refractivity contribution < 1.29 is 17.6 Å². The summed E-state index contributed by atoms with van der Waals surface area (Å²) in [7, 11) is 0. The molecule has 1 aromatic carbocycles. The molecule has 16 heavy (non-hydrogen) atoms. The molecule has 2 N–H and O–H groups in total. The summed E-state index contributed by atoms with van der Waals surface area (Å²) in [6.07, 6.45) is -5.69. The predicted molar refractivity (Wildman–Crippen MR) is 53.6 cm³/mol. The van der Waals surface area contributed by atoms with Crippen LogP contribution in [-0.2, 0) is 0 Å². The van der Waals surface area contributed by atoms with Crippen molar-refractivity contribution in [1.82, 2.24) is 0 Å². The molecule has 1 nitrogen and oxygen atoms in total. The van der Waals surface area contributed by atoms with E-state index < -0.39 is 24.5 Å². The standard InChI is InChI=1S/C10H10ClF4N/c11-7-3-1-2-6(9(7)12)8(16)4-5-10(13,14)15/h1-3,8H,4-5,16H2/t8-/m0/s1. The van der Waals surface area contributed by atoms with Gasteiger partial charge < -0.3 is 5.73 Å². The van der Waals surface area contributed by atoms with Gasteiger partial charge in [-0.05, 0) is 12.5 Å². The van der Waals surface area contributed by atoms with E-state index in [1.807, 2.05) is 0 Å². The maximum atomic E-state index is 13.4. The summed E-state index contributed by atoms with van der Waals surface area (Å²) in [6, 6.07) is 3.10. The van der Waals surface area contributed by atoms with E-state index in [1.54, 1.807) is 0 Å². The van der Waals surface area contributed by atoms with E-state index in [2.05, 4.69) is 0 Å². The van der Waals surface area contributed by atoms with Gasteiger partial charge in [0.15, 0.2) is 0 Å². The number of halogens is 5. The van der Waals surface area contributed by atoms with Crippen LogP contribution < -0.4 is 5.73 Å². The predicted octanol–water partition coefficient (Wildman–Crippen LogP) is 3.82. The van der Waals surface area contributed by atoms with Gasteiger partial charge in [-0.3, -0.25) is 0 Å². The average molecular weight is 256 g/mol. The van der Waals surface area contributed by atoms with Gasteiger partial charge in [-0.15, -0.1) is 0 Å². The van der Waals surface area contributed by atoms with Gasteiger partial charge in [0.05, 0.1) is 5.02 Å². The average Bonchev–Trinajstić information content (AvgIpc) is 2.17. The van der Waals surface area contributed by atoms with Crippen LogP contribution >= 0.6 is 11.6 Å². The van der Waals surface area contributed by atoms with Gasteiger partial charge in [0, 0.05) is 18.0 Å². The van der Waals surface area contributed by atoms with Crippen LogP contribution in [0.15, 0.2) is 18.2 Å². The molecule has 0 radical (unpaired) electrons. The molecule has 0 saturated carbocycles. The van der Waals surface area contributed by atoms with Crippen molar-refractivity contribution in [3.05, 3.63) is 34.6 Å². The molecule has 1 aromatic rings. The number of hydrogen-bond acceptors (Lipinski definition) is 1. The molecule has 90 valence electrons. The highest BCUT2D eigenvalue weighted by molar-refractivity contribution is 6.30. The topological polar surface area (TPSA) is 26.0 Å². The zero-order chi connectivity index (χ0) is 12.3. The maximum absolute atomic E-state index is 13.4. The Morgan fingerprint density at radius 3 is 2.50 bits per heavy atom. The molecule has 0 aliphatic heterocycles. The zero-order valence-electron chi connectivity index (χ0n) is 8.19. The second-order valence-corrected chi connectivity index (χ2v) is 3.81. The minimum atomic E-state index is -4.29. The second kappa shape index (κ2) is 5.01. The molecule has 0 heterocycles. The van der Waals surface area contributed by atoms with Crippen LogP contribution in [0.1, 0.15) is 24.4 Å². The summed E-state index contributed by atoms with van der Waals surface area (Å²) in [5.41, 5.74) is 5.48. The van der Waals surface area contributed by atoms with Crippen LogP contribution in [0.2, 0.25) is 5.02 Å². The second-order valence-electron chi connectivity index (χ2n) is 3.40. The lowest BCUT2D eigenvalue weighted by molar-refractivity contribution is -0.136. The normalized spacial score (nSPS) is 13.9. The minimum Gasteiger partial charge on any atom is -0.324 e. The molecule has 1 rings (SSSR count). The monoisotopic (exact) mass is 255 g/mol. The van der Waals surface area contributed by atoms with Crippen molar-refractivity contribution >= 4 is 11.6 Å². The van der Waals surface area contributed by atoms with Crippen LogP contribution in [0, 0.1) is 5.82 Å². The molecule has 0 unspecified atom stereocenters. The van der Waals surface area contributed by atoms with Gasteiger partial charge in [-0.25, -0.2) is 4.39 Å². The molecule has 0 saturated heterocycles. The smallest absolute Gasteiger partial charge is 0.324 e. The minimum absolute atomic E-state index is 0.0109. The van der Waals surface area contributed by atoms with Gasteiger partial charge in [0.2, 0.25) is 0 Å². The quantitative estimate of drug-likeness (QED) is 0.817. The van der Waals surface area contributed by atoms with Crippen LogP contribution in [-0.4, -0.2) is 6.18 Å². The number of nitrogens with two attached hydrogens (primary N) is 1. The highest BCUT2D eigenvalue weighted by Crippen LogP contribution is 2.29. The van der Waals surface area contributed by atoms with Crippen molar-refractivity contribution in [2.75, 3.05) is 0 Å². The lowest BCUT2D eigenvalue weighted by Crippen LogP contribution is -2.17. The molecule has 0 aliphatic carbocycles. The van der Waals surface area contributed by atoms with Crippen LogP contribution in [0.4, 0.5) is 17.6 Å². The molecular formula is C10H10ClF4N. The van der Waals surface area contributed by atoms with E-state index in [-0.39, 0.29) is 17.0 Å². The van der Waals surface area contributed by atoms with Gasteiger partial charge in [0.25, 0.3) is 0 Å². The van der Waals surface area contributed by atoms with Crippen LogP contribution in [0.5, 0.6) is 0 Å². The summed E-state index contributed by atoms with van der Waals surface area (Å²) in [5.74, 6) is -0.751. The molecule has 6 heteroatoms. The third-order valence-corrected chi connectivity index (χ3v) is 2.41. The first-order valence-electron chi connectivity index (χ1n) is 4.57. The Morgan fingerprint density at radius 1 is 1.31 bits per heavy atom. The van der Waals surface area contributed by atoms with Crippen molar-refractivity contribution in [3.63, 3.8) is 0 Å². The number of benzene rings is 1. The molecule has 0 aromatic heterocycles. The first-order valence-corrected chi connectivity index (χ1v) is 4.95. The SMILES string of the molecule is N[C@@H](CCC(F)(F)F)c1cccc(Cl)c1F. The third kappa shape index (κ3) is 3.64. The maximum Gasteiger partial charge on any atom is 0.389 e. The number of rotatable bonds is 3. The molecule has 1 atom stereocenters. The van der Waals surface area contributed by atoms with E-state index in [4.69, 9.17) is 17.3 Å². The zero-order valence-corrected chi connectivity index (χ0v) is 8.95. The Morgan fingerprint density at radius 2 is 1.94 bits per heavy atom. The van der Waals surface area contributed by atoms with E-state index in [1.165, 1.54) is 18.2 Å². The summed E-state index contributed by atoms with van der Waals surface area (Å²) < 4.78 is 49.2. The molecular weight excluding hydrogens is 246 g/mol. The Labute approximate surface area is 95.2 Å². The van der Waals surface area contributed by atoms with Crippen molar-refractivity contribution in [1.29, 1.82) is 0 Å². The Hall–Kier alpha value is -0.810. The fourth-order valence-electron chi connectivity index (χ4n) is 1.28. The van der Waals surface area contributed by atoms with Crippen LogP contribution in [0.3, 0.4) is 0 Å². The summed E-state index contributed by atoms with van der Waals surface area (Å²) in [5, 5.41) is -0.139. The van der Waals surface area contributed by atoms with E-state index in [9.17, 15) is 17.6 Å². The Bertz CT molecular complexity index is 364. The number of hydrogen-bond donors (Lipinski definition) is 1. The Balaban J connectivity index is 2.73. The van der Waals surface area contributed by atoms with E-state index >= 15 is 0 Å². The van der Waals surface area contributed by atoms with Gasteiger partial charge in [-0.1, -0.05) is 23.7 Å². The lowest BCUT2D eigenvalue weighted by atomic mass is 10.0. The molecule has 0 aliphatic rings. The van der Waals surface area contributed by atoms with Crippen molar-refractivity contribution in [2.45, 2.75) is 25.1 Å². The fourth-order valence-corrected chi connectivity index (χ4v) is 1.46. The Kier molecular flexibility index (Phi) is 4.15. The molecule has 0 bridgehead atoms. The summed E-state index contributed by atoms with van der Waals surface area (Å²) >= 11 is 5.50. The summed E-state index contributed by atoms with van der Waals surface area (Å²) in [4.78, 5) is 0. The van der Waals surface area contributed by atoms with Crippen molar-refractivity contribution in [3.8, 4) is 0 Å². The van der Waals surface area contributed by atoms with Gasteiger partial charge >= 0.3 is 6.18 Å². The first-order chi connectivity index (χ1) is 7.31. The van der Waals surface area contributed by atoms with E-state index in [0.29, 0.717) is 0 Å². The van der Waals surface area contributed by atoms with Gasteiger partial charge in [-0.2, -0.15) is 13.2 Å². The first kappa shape index (κ1) is 13.3. The molecule has 0 amide bonds. The molecule has 0 fully saturated rings. The highest BCUT2D eigenvalue weighted by Gasteiger charge is 2.28. The number of alkyl halides is 3.